The van der Waals surface area contributed by atoms with Gasteiger partial charge in [0.2, 0.25) is 0 Å². The molecule has 0 saturated heterocycles. The number of carbonyl (C=O) groups excluding carboxylic acids is 1. The Bertz CT molecular complexity index is 865. The second-order valence-corrected chi connectivity index (χ2v) is 7.37. The number of likely N-dealkylation sites (N-methyl/N-ethyl adjacent to an activating group) is 1. The Morgan fingerprint density at radius 1 is 1.24 bits per heavy atom. The van der Waals surface area contributed by atoms with Gasteiger partial charge in [0.25, 0.3) is 5.91 Å². The lowest BCUT2D eigenvalue weighted by Gasteiger charge is -2.13. The van der Waals surface area contributed by atoms with E-state index < -0.39 is 0 Å². The molecular formula is C20H27Cl2N5O2. The average molecular weight is 440 g/mol. The third-order valence-electron chi connectivity index (χ3n) is 4.18. The van der Waals surface area contributed by atoms with Gasteiger partial charge in [-0.1, -0.05) is 35.3 Å². The summed E-state index contributed by atoms with van der Waals surface area (Å²) in [5.74, 6) is 1.22. The molecule has 1 aromatic carbocycles. The fourth-order valence-electron chi connectivity index (χ4n) is 2.45. The summed E-state index contributed by atoms with van der Waals surface area (Å²) in [6, 6.07) is 9.38. The van der Waals surface area contributed by atoms with Crippen LogP contribution in [0.4, 0.5) is 0 Å². The minimum atomic E-state index is -0.0899. The molecule has 0 spiro atoms. The van der Waals surface area contributed by atoms with Crippen molar-refractivity contribution in [2.24, 2.45) is 12.0 Å². The van der Waals surface area contributed by atoms with E-state index in [4.69, 9.17) is 27.9 Å². The molecule has 29 heavy (non-hydrogen) atoms. The molecule has 0 bridgehead atoms. The topological polar surface area (TPSA) is 70.9 Å². The number of nitrogens with one attached hydrogen (secondary N) is 2. The first-order chi connectivity index (χ1) is 13.8. The number of halogens is 2. The molecular weight excluding hydrogens is 413 g/mol. The van der Waals surface area contributed by atoms with E-state index in [9.17, 15) is 4.79 Å². The van der Waals surface area contributed by atoms with Crippen LogP contribution in [0, 0.1) is 0 Å². The van der Waals surface area contributed by atoms with E-state index in [-0.39, 0.29) is 12.5 Å². The SMILES string of the molecule is CCNC(=NCc1cccc(OCC(=O)N(C)C)c1)NCc1cc(Cl)c(Cl)n1C. The highest BCUT2D eigenvalue weighted by Crippen LogP contribution is 2.24. The van der Waals surface area contributed by atoms with E-state index in [2.05, 4.69) is 15.6 Å². The largest absolute Gasteiger partial charge is 0.484 e. The quantitative estimate of drug-likeness (QED) is 0.489. The number of ether oxygens (including phenoxy) is 1. The third kappa shape index (κ3) is 6.87. The molecule has 0 fully saturated rings. The van der Waals surface area contributed by atoms with Crippen molar-refractivity contribution in [3.8, 4) is 5.75 Å². The lowest BCUT2D eigenvalue weighted by atomic mass is 10.2. The third-order valence-corrected chi connectivity index (χ3v) is 5.02. The molecule has 0 aliphatic heterocycles. The molecule has 2 aromatic rings. The molecule has 2 N–H and O–H groups in total. The molecule has 1 amide bonds. The van der Waals surface area contributed by atoms with Crippen molar-refractivity contribution >= 4 is 35.1 Å². The molecule has 0 atom stereocenters. The van der Waals surface area contributed by atoms with Gasteiger partial charge in [0.1, 0.15) is 10.9 Å². The van der Waals surface area contributed by atoms with Gasteiger partial charge in [-0.2, -0.15) is 0 Å². The van der Waals surface area contributed by atoms with Gasteiger partial charge < -0.3 is 24.8 Å². The summed E-state index contributed by atoms with van der Waals surface area (Å²) in [4.78, 5) is 17.8. The summed E-state index contributed by atoms with van der Waals surface area (Å²) in [5, 5.41) is 7.52. The van der Waals surface area contributed by atoms with Crippen molar-refractivity contribution in [3.63, 3.8) is 0 Å². The summed E-state index contributed by atoms with van der Waals surface area (Å²) in [5.41, 5.74) is 1.92. The van der Waals surface area contributed by atoms with Crippen LogP contribution in [0.25, 0.3) is 0 Å². The van der Waals surface area contributed by atoms with Crippen molar-refractivity contribution in [2.45, 2.75) is 20.0 Å². The Balaban J connectivity index is 1.99. The lowest BCUT2D eigenvalue weighted by Crippen LogP contribution is -2.37. The number of carbonyl (C=O) groups is 1. The number of rotatable bonds is 8. The van der Waals surface area contributed by atoms with Gasteiger partial charge in [-0.15, -0.1) is 0 Å². The minimum absolute atomic E-state index is 0.00566. The second kappa shape index (κ2) is 11.0. The van der Waals surface area contributed by atoms with Crippen LogP contribution in [0.3, 0.4) is 0 Å². The number of nitrogens with zero attached hydrogens (tertiary/aromatic N) is 3. The Morgan fingerprint density at radius 2 is 2.00 bits per heavy atom. The fourth-order valence-corrected chi connectivity index (χ4v) is 2.87. The minimum Gasteiger partial charge on any atom is -0.484 e. The van der Waals surface area contributed by atoms with Crippen molar-refractivity contribution in [2.75, 3.05) is 27.2 Å². The van der Waals surface area contributed by atoms with Gasteiger partial charge >= 0.3 is 0 Å². The maximum atomic E-state index is 11.7. The predicted molar refractivity (Wildman–Crippen MR) is 118 cm³/mol. The summed E-state index contributed by atoms with van der Waals surface area (Å²) >= 11 is 12.2. The van der Waals surface area contributed by atoms with Crippen LogP contribution in [0.2, 0.25) is 10.2 Å². The van der Waals surface area contributed by atoms with Crippen molar-refractivity contribution in [1.29, 1.82) is 0 Å². The Hall–Kier alpha value is -2.38. The number of aliphatic imine (C=N–C) groups is 1. The Labute approximate surface area is 181 Å². The zero-order valence-electron chi connectivity index (χ0n) is 17.1. The van der Waals surface area contributed by atoms with E-state index in [1.54, 1.807) is 14.1 Å². The van der Waals surface area contributed by atoms with Crippen LogP contribution in [0.15, 0.2) is 35.3 Å². The maximum absolute atomic E-state index is 11.7. The van der Waals surface area contributed by atoms with E-state index >= 15 is 0 Å². The molecule has 1 heterocycles. The average Bonchev–Trinajstić information content (AvgIpc) is 2.95. The summed E-state index contributed by atoms with van der Waals surface area (Å²) < 4.78 is 7.39. The number of hydrogen-bond donors (Lipinski definition) is 2. The second-order valence-electron chi connectivity index (χ2n) is 6.61. The number of hydrogen-bond acceptors (Lipinski definition) is 3. The van der Waals surface area contributed by atoms with Crippen molar-refractivity contribution in [1.82, 2.24) is 20.1 Å². The lowest BCUT2D eigenvalue weighted by molar-refractivity contribution is -0.130. The maximum Gasteiger partial charge on any atom is 0.259 e. The number of guanidine groups is 1. The first-order valence-electron chi connectivity index (χ1n) is 9.25. The number of benzene rings is 1. The first-order valence-corrected chi connectivity index (χ1v) is 10.0. The van der Waals surface area contributed by atoms with Crippen LogP contribution in [0.5, 0.6) is 5.75 Å². The Kier molecular flexibility index (Phi) is 8.67. The Morgan fingerprint density at radius 3 is 2.62 bits per heavy atom. The van der Waals surface area contributed by atoms with Crippen LogP contribution in [-0.2, 0) is 24.9 Å². The normalized spacial score (nSPS) is 11.3. The van der Waals surface area contributed by atoms with Crippen LogP contribution in [0.1, 0.15) is 18.2 Å². The van der Waals surface area contributed by atoms with Gasteiger partial charge in [0.05, 0.1) is 18.1 Å². The smallest absolute Gasteiger partial charge is 0.259 e. The van der Waals surface area contributed by atoms with Gasteiger partial charge in [-0.05, 0) is 30.7 Å². The molecule has 0 saturated carbocycles. The van der Waals surface area contributed by atoms with Crippen LogP contribution >= 0.6 is 23.2 Å². The van der Waals surface area contributed by atoms with Gasteiger partial charge in [-0.3, -0.25) is 4.79 Å². The van der Waals surface area contributed by atoms with Crippen LogP contribution < -0.4 is 15.4 Å². The predicted octanol–water partition coefficient (Wildman–Crippen LogP) is 3.05. The molecule has 7 nitrogen and oxygen atoms in total. The highest BCUT2D eigenvalue weighted by Gasteiger charge is 2.09. The zero-order chi connectivity index (χ0) is 21.4. The van der Waals surface area contributed by atoms with E-state index in [0.717, 1.165) is 17.8 Å². The summed E-state index contributed by atoms with van der Waals surface area (Å²) in [7, 11) is 5.26. The summed E-state index contributed by atoms with van der Waals surface area (Å²) in [6.07, 6.45) is 0. The first kappa shape index (κ1) is 22.9. The highest BCUT2D eigenvalue weighted by atomic mass is 35.5. The number of amides is 1. The highest BCUT2D eigenvalue weighted by molar-refractivity contribution is 6.41. The van der Waals surface area contributed by atoms with Gasteiger partial charge in [-0.25, -0.2) is 4.99 Å². The van der Waals surface area contributed by atoms with Crippen LogP contribution in [-0.4, -0.2) is 48.6 Å². The zero-order valence-corrected chi connectivity index (χ0v) is 18.6. The van der Waals surface area contributed by atoms with Crippen molar-refractivity contribution in [3.05, 3.63) is 51.8 Å². The van der Waals surface area contributed by atoms with E-state index in [1.165, 1.54) is 4.90 Å². The molecule has 9 heteroatoms. The molecule has 0 radical (unpaired) electrons. The van der Waals surface area contributed by atoms with Gasteiger partial charge in [0, 0.05) is 33.4 Å². The monoisotopic (exact) mass is 439 g/mol. The molecule has 0 aliphatic carbocycles. The molecule has 0 aliphatic rings. The van der Waals surface area contributed by atoms with E-state index in [0.29, 0.717) is 35.0 Å². The van der Waals surface area contributed by atoms with Crippen molar-refractivity contribution < 1.29 is 9.53 Å². The molecule has 1 aromatic heterocycles. The number of aromatic nitrogens is 1. The summed E-state index contributed by atoms with van der Waals surface area (Å²) in [6.45, 7) is 3.74. The standard InChI is InChI=1S/C20H27Cl2N5O2/c1-5-23-20(25-12-15-10-17(21)19(22)27(15)4)24-11-14-7-6-8-16(9-14)29-13-18(28)26(2)3/h6-10H,5,11-13H2,1-4H3,(H2,23,24,25). The molecule has 2 rings (SSSR count). The molecule has 158 valence electrons. The fraction of sp³-hybridized carbons (Fsp3) is 0.400. The van der Waals surface area contributed by atoms with Gasteiger partial charge in [0.15, 0.2) is 12.6 Å². The molecule has 0 unspecified atom stereocenters. The van der Waals surface area contributed by atoms with E-state index in [1.807, 2.05) is 48.9 Å².